The van der Waals surface area contributed by atoms with Gasteiger partial charge < -0.3 is 5.32 Å². The van der Waals surface area contributed by atoms with E-state index in [0.29, 0.717) is 5.82 Å². The molecule has 2 aromatic heterocycles. The summed E-state index contributed by atoms with van der Waals surface area (Å²) in [5.41, 5.74) is 1.05. The van der Waals surface area contributed by atoms with Crippen LogP contribution in [0.5, 0.6) is 0 Å². The van der Waals surface area contributed by atoms with Gasteiger partial charge in [-0.25, -0.2) is 4.98 Å². The molecule has 0 fully saturated rings. The molecule has 1 N–H and O–H groups in total. The van der Waals surface area contributed by atoms with E-state index in [0.717, 1.165) is 5.69 Å². The van der Waals surface area contributed by atoms with Gasteiger partial charge in [-0.15, -0.1) is 5.10 Å². The SMILES string of the molecule is Cc1ccc(C(=O)Nc2ccccn2)nn1. The lowest BCUT2D eigenvalue weighted by atomic mass is 10.3. The van der Waals surface area contributed by atoms with Gasteiger partial charge in [0.25, 0.3) is 5.91 Å². The van der Waals surface area contributed by atoms with Crippen LogP contribution < -0.4 is 5.32 Å². The predicted octanol–water partition coefficient (Wildman–Crippen LogP) is 1.43. The zero-order valence-electron chi connectivity index (χ0n) is 8.71. The molecule has 80 valence electrons. The molecule has 0 saturated carbocycles. The van der Waals surface area contributed by atoms with Crippen molar-refractivity contribution in [2.45, 2.75) is 6.92 Å². The van der Waals surface area contributed by atoms with Crippen molar-refractivity contribution in [2.75, 3.05) is 5.32 Å². The zero-order chi connectivity index (χ0) is 11.4. The number of carbonyl (C=O) groups is 1. The normalized spacial score (nSPS) is 9.81. The minimum absolute atomic E-state index is 0.274. The summed E-state index contributed by atoms with van der Waals surface area (Å²) in [6, 6.07) is 8.64. The van der Waals surface area contributed by atoms with Gasteiger partial charge >= 0.3 is 0 Å². The van der Waals surface area contributed by atoms with Crippen LogP contribution in [0.25, 0.3) is 0 Å². The standard InChI is InChI=1S/C11H10N4O/c1-8-5-6-9(15-14-8)11(16)13-10-4-2-3-7-12-10/h2-7H,1H3,(H,12,13,16). The molecule has 0 bridgehead atoms. The Morgan fingerprint density at radius 3 is 2.69 bits per heavy atom. The molecular weight excluding hydrogens is 204 g/mol. The number of aryl methyl sites for hydroxylation is 1. The molecule has 0 spiro atoms. The monoisotopic (exact) mass is 214 g/mol. The smallest absolute Gasteiger partial charge is 0.277 e. The Labute approximate surface area is 92.6 Å². The fraction of sp³-hybridized carbons (Fsp3) is 0.0909. The van der Waals surface area contributed by atoms with E-state index in [2.05, 4.69) is 20.5 Å². The van der Waals surface area contributed by atoms with E-state index in [1.807, 2.05) is 6.92 Å². The van der Waals surface area contributed by atoms with Crippen LogP contribution in [-0.4, -0.2) is 21.1 Å². The van der Waals surface area contributed by atoms with E-state index < -0.39 is 0 Å². The van der Waals surface area contributed by atoms with E-state index in [1.165, 1.54) is 0 Å². The molecule has 16 heavy (non-hydrogen) atoms. The van der Waals surface area contributed by atoms with Crippen molar-refractivity contribution in [1.29, 1.82) is 0 Å². The second-order valence-corrected chi connectivity index (χ2v) is 3.23. The van der Waals surface area contributed by atoms with Crippen molar-refractivity contribution >= 4 is 11.7 Å². The predicted molar refractivity (Wildman–Crippen MR) is 59.0 cm³/mol. The van der Waals surface area contributed by atoms with Crippen LogP contribution in [-0.2, 0) is 0 Å². The fourth-order valence-electron chi connectivity index (χ4n) is 1.14. The van der Waals surface area contributed by atoms with Crippen LogP contribution >= 0.6 is 0 Å². The first kappa shape index (κ1) is 10.2. The number of nitrogens with one attached hydrogen (secondary N) is 1. The van der Waals surface area contributed by atoms with Crippen LogP contribution in [0.3, 0.4) is 0 Å². The molecule has 0 aliphatic rings. The highest BCUT2D eigenvalue weighted by atomic mass is 16.2. The van der Waals surface area contributed by atoms with Gasteiger partial charge in [0.1, 0.15) is 5.82 Å². The first-order valence-corrected chi connectivity index (χ1v) is 4.78. The second-order valence-electron chi connectivity index (χ2n) is 3.23. The average molecular weight is 214 g/mol. The van der Waals surface area contributed by atoms with E-state index in [4.69, 9.17) is 0 Å². The molecule has 0 saturated heterocycles. The summed E-state index contributed by atoms with van der Waals surface area (Å²) < 4.78 is 0. The van der Waals surface area contributed by atoms with Crippen LogP contribution in [0.1, 0.15) is 16.2 Å². The van der Waals surface area contributed by atoms with E-state index in [1.54, 1.807) is 36.5 Å². The summed E-state index contributed by atoms with van der Waals surface area (Å²) >= 11 is 0. The van der Waals surface area contributed by atoms with Gasteiger partial charge in [0.15, 0.2) is 5.69 Å². The lowest BCUT2D eigenvalue weighted by Crippen LogP contribution is -2.15. The molecule has 0 aliphatic carbocycles. The van der Waals surface area contributed by atoms with Crippen molar-refractivity contribution in [3.63, 3.8) is 0 Å². The Morgan fingerprint density at radius 2 is 2.06 bits per heavy atom. The van der Waals surface area contributed by atoms with Crippen molar-refractivity contribution in [3.8, 4) is 0 Å². The Hall–Kier alpha value is -2.30. The minimum atomic E-state index is -0.314. The Balaban J connectivity index is 2.12. The Morgan fingerprint density at radius 1 is 1.19 bits per heavy atom. The van der Waals surface area contributed by atoms with Crippen LogP contribution in [0.15, 0.2) is 36.5 Å². The third-order valence-corrected chi connectivity index (χ3v) is 1.94. The molecule has 0 aliphatic heterocycles. The Bertz CT molecular complexity index is 481. The number of carbonyl (C=O) groups excluding carboxylic acids is 1. The maximum Gasteiger partial charge on any atom is 0.277 e. The van der Waals surface area contributed by atoms with Crippen LogP contribution in [0, 0.1) is 6.92 Å². The zero-order valence-corrected chi connectivity index (χ0v) is 8.71. The highest BCUT2D eigenvalue weighted by Gasteiger charge is 2.07. The number of aromatic nitrogens is 3. The lowest BCUT2D eigenvalue weighted by Gasteiger charge is -2.02. The van der Waals surface area contributed by atoms with Crippen LogP contribution in [0.2, 0.25) is 0 Å². The highest BCUT2D eigenvalue weighted by Crippen LogP contribution is 2.03. The molecule has 2 rings (SSSR count). The fourth-order valence-corrected chi connectivity index (χ4v) is 1.14. The summed E-state index contributed by atoms with van der Waals surface area (Å²) in [5, 5.41) is 10.2. The maximum absolute atomic E-state index is 11.7. The molecule has 1 amide bonds. The van der Waals surface area contributed by atoms with Gasteiger partial charge in [-0.3, -0.25) is 4.79 Å². The van der Waals surface area contributed by atoms with E-state index in [9.17, 15) is 4.79 Å². The molecule has 2 aromatic rings. The third-order valence-electron chi connectivity index (χ3n) is 1.94. The Kier molecular flexibility index (Phi) is 2.86. The van der Waals surface area contributed by atoms with Gasteiger partial charge in [-0.2, -0.15) is 5.10 Å². The lowest BCUT2D eigenvalue weighted by molar-refractivity contribution is 0.102. The topological polar surface area (TPSA) is 67.8 Å². The molecule has 0 atom stereocenters. The summed E-state index contributed by atoms with van der Waals surface area (Å²) in [7, 11) is 0. The molecular formula is C11H10N4O. The maximum atomic E-state index is 11.7. The quantitative estimate of drug-likeness (QED) is 0.821. The first-order valence-electron chi connectivity index (χ1n) is 4.78. The summed E-state index contributed by atoms with van der Waals surface area (Å²) in [5.74, 6) is 0.182. The summed E-state index contributed by atoms with van der Waals surface area (Å²) in [6.07, 6.45) is 1.61. The average Bonchev–Trinajstić information content (AvgIpc) is 2.31. The highest BCUT2D eigenvalue weighted by molar-refractivity contribution is 6.02. The molecule has 0 radical (unpaired) electrons. The number of amides is 1. The minimum Gasteiger partial charge on any atom is -0.305 e. The first-order chi connectivity index (χ1) is 7.75. The number of hydrogen-bond donors (Lipinski definition) is 1. The number of rotatable bonds is 2. The van der Waals surface area contributed by atoms with E-state index >= 15 is 0 Å². The molecule has 5 nitrogen and oxygen atoms in total. The van der Waals surface area contributed by atoms with Crippen molar-refractivity contribution in [2.24, 2.45) is 0 Å². The van der Waals surface area contributed by atoms with Gasteiger partial charge in [0.2, 0.25) is 0 Å². The summed E-state index contributed by atoms with van der Waals surface area (Å²) in [6.45, 7) is 1.81. The van der Waals surface area contributed by atoms with Crippen molar-refractivity contribution < 1.29 is 4.79 Å². The number of pyridine rings is 1. The second kappa shape index (κ2) is 4.48. The van der Waals surface area contributed by atoms with E-state index in [-0.39, 0.29) is 11.6 Å². The molecule has 2 heterocycles. The van der Waals surface area contributed by atoms with Gasteiger partial charge in [0, 0.05) is 6.20 Å². The largest absolute Gasteiger partial charge is 0.305 e. The third kappa shape index (κ3) is 2.38. The summed E-state index contributed by atoms with van der Waals surface area (Å²) in [4.78, 5) is 15.7. The molecule has 5 heteroatoms. The molecule has 0 aromatic carbocycles. The van der Waals surface area contributed by atoms with Crippen molar-refractivity contribution in [1.82, 2.24) is 15.2 Å². The molecule has 0 unspecified atom stereocenters. The van der Waals surface area contributed by atoms with Crippen molar-refractivity contribution in [3.05, 3.63) is 47.9 Å². The number of anilines is 1. The van der Waals surface area contributed by atoms with Crippen LogP contribution in [0.4, 0.5) is 5.82 Å². The van der Waals surface area contributed by atoms with Gasteiger partial charge in [-0.1, -0.05) is 6.07 Å². The van der Waals surface area contributed by atoms with Gasteiger partial charge in [-0.05, 0) is 31.2 Å². The number of hydrogen-bond acceptors (Lipinski definition) is 4. The van der Waals surface area contributed by atoms with Gasteiger partial charge in [0.05, 0.1) is 5.69 Å². The number of nitrogens with zero attached hydrogens (tertiary/aromatic N) is 3.